The molecule has 0 N–H and O–H groups in total. The first-order chi connectivity index (χ1) is 23.2. The van der Waals surface area contributed by atoms with Crippen molar-refractivity contribution in [3.63, 3.8) is 0 Å². The Bertz CT molecular complexity index is 1610. The van der Waals surface area contributed by atoms with Crippen LogP contribution in [0.1, 0.15) is 127 Å². The van der Waals surface area contributed by atoms with Gasteiger partial charge in [0.2, 0.25) is 5.69 Å². The minimum atomic E-state index is -4.42. The number of nitrogens with zero attached hydrogens (tertiary/aromatic N) is 2. The Morgan fingerprint density at radius 2 is 1.27 bits per heavy atom. The van der Waals surface area contributed by atoms with E-state index in [1.54, 1.807) is 12.1 Å². The SMILES string of the molecule is CC(C)CCN1/C(=C/C=C/C2=[N+](CCC(C)C)c3ccc(C(F)(F)F)cc3C23CCCCC3)C2(CCCCC2)c2cc(C(F)(F)F)ccc21. The summed E-state index contributed by atoms with van der Waals surface area (Å²) in [5.41, 5.74) is 3.23. The second-order valence-electron chi connectivity index (χ2n) is 15.7. The zero-order chi connectivity index (χ0) is 35.2. The van der Waals surface area contributed by atoms with Gasteiger partial charge in [0.05, 0.1) is 16.5 Å². The molecule has 266 valence electrons. The standard InChI is InChI=1S/C41H51F6N2/c1-28(2)18-24-48-34-16-14-30(40(42,43)44)26-32(34)38(20-7-5-8-21-38)36(48)12-11-13-37-39(22-9-6-10-23-39)33-27-31(41(45,46)47)15-17-35(33)49(37)25-19-29(3)4/h11-17,26-29H,5-10,18-25H2,1-4H3/q+1. The van der Waals surface area contributed by atoms with E-state index in [-0.39, 0.29) is 0 Å². The van der Waals surface area contributed by atoms with Gasteiger partial charge in [-0.3, -0.25) is 0 Å². The van der Waals surface area contributed by atoms with Gasteiger partial charge in [-0.05, 0) is 85.9 Å². The third kappa shape index (κ3) is 6.74. The van der Waals surface area contributed by atoms with E-state index in [2.05, 4.69) is 55.4 Å². The zero-order valence-corrected chi connectivity index (χ0v) is 29.4. The molecule has 2 spiro atoms. The Labute approximate surface area is 288 Å². The van der Waals surface area contributed by atoms with E-state index >= 15 is 0 Å². The molecule has 0 aromatic heterocycles. The molecule has 2 nitrogen and oxygen atoms in total. The fourth-order valence-electron chi connectivity index (χ4n) is 9.06. The van der Waals surface area contributed by atoms with E-state index in [0.29, 0.717) is 24.9 Å². The van der Waals surface area contributed by atoms with Crippen LogP contribution in [0.5, 0.6) is 0 Å². The maximum Gasteiger partial charge on any atom is 0.416 e. The Morgan fingerprint density at radius 3 is 1.84 bits per heavy atom. The molecule has 2 aliphatic carbocycles. The Morgan fingerprint density at radius 1 is 0.714 bits per heavy atom. The summed E-state index contributed by atoms with van der Waals surface area (Å²) in [4.78, 5) is 2.27. The van der Waals surface area contributed by atoms with Crippen LogP contribution in [0.3, 0.4) is 0 Å². The molecule has 8 heteroatoms. The van der Waals surface area contributed by atoms with Crippen LogP contribution in [0, 0.1) is 11.8 Å². The molecule has 0 atom stereocenters. The smallest absolute Gasteiger partial charge is 0.344 e. The van der Waals surface area contributed by atoms with Crippen molar-refractivity contribution in [3.05, 3.63) is 82.6 Å². The number of alkyl halides is 6. The monoisotopic (exact) mass is 685 g/mol. The van der Waals surface area contributed by atoms with Crippen molar-refractivity contribution in [1.29, 1.82) is 0 Å². The number of benzene rings is 2. The Balaban J connectivity index is 1.49. The molecule has 2 fully saturated rings. The van der Waals surface area contributed by atoms with Crippen molar-refractivity contribution >= 4 is 17.1 Å². The molecule has 4 aliphatic rings. The maximum absolute atomic E-state index is 14.1. The topological polar surface area (TPSA) is 6.25 Å². The summed E-state index contributed by atoms with van der Waals surface area (Å²) >= 11 is 0. The van der Waals surface area contributed by atoms with Crippen molar-refractivity contribution in [2.24, 2.45) is 11.8 Å². The summed E-state index contributed by atoms with van der Waals surface area (Å²) < 4.78 is 86.6. The largest absolute Gasteiger partial charge is 0.416 e. The fourth-order valence-corrected chi connectivity index (χ4v) is 9.06. The quantitative estimate of drug-likeness (QED) is 0.198. The van der Waals surface area contributed by atoms with Gasteiger partial charge >= 0.3 is 12.4 Å². The molecule has 2 heterocycles. The number of rotatable bonds is 8. The third-order valence-electron chi connectivity index (χ3n) is 11.6. The first kappa shape index (κ1) is 35.8. The van der Waals surface area contributed by atoms with Crippen molar-refractivity contribution in [2.75, 3.05) is 18.0 Å². The van der Waals surface area contributed by atoms with Crippen LogP contribution in [0.4, 0.5) is 37.7 Å². The molecule has 0 amide bonds. The summed E-state index contributed by atoms with van der Waals surface area (Å²) in [5, 5.41) is 0. The molecule has 2 aromatic carbocycles. The summed E-state index contributed by atoms with van der Waals surface area (Å²) in [6, 6.07) is 8.58. The van der Waals surface area contributed by atoms with E-state index in [0.717, 1.165) is 111 Å². The summed E-state index contributed by atoms with van der Waals surface area (Å²) in [6.07, 6.45) is 8.42. The van der Waals surface area contributed by atoms with E-state index in [1.165, 1.54) is 24.3 Å². The Kier molecular flexibility index (Phi) is 9.93. The molecular formula is C41H51F6N2+. The van der Waals surface area contributed by atoms with Gasteiger partial charge in [-0.15, -0.1) is 0 Å². The number of allylic oxidation sites excluding steroid dienone is 4. The van der Waals surface area contributed by atoms with Crippen molar-refractivity contribution in [2.45, 2.75) is 128 Å². The van der Waals surface area contributed by atoms with Crippen LogP contribution in [-0.4, -0.2) is 23.4 Å². The number of hydrogen-bond donors (Lipinski definition) is 0. The summed E-state index contributed by atoms with van der Waals surface area (Å²) in [6.45, 7) is 10.1. The first-order valence-electron chi connectivity index (χ1n) is 18.4. The molecule has 2 aliphatic heterocycles. The Hall–Kier alpha value is -3.03. The van der Waals surface area contributed by atoms with Crippen molar-refractivity contribution < 1.29 is 30.9 Å². The van der Waals surface area contributed by atoms with Gasteiger partial charge in [-0.25, -0.2) is 0 Å². The molecule has 49 heavy (non-hydrogen) atoms. The van der Waals surface area contributed by atoms with Crippen LogP contribution in [-0.2, 0) is 23.2 Å². The number of fused-ring (bicyclic) bond motifs is 4. The van der Waals surface area contributed by atoms with Crippen LogP contribution in [0.2, 0.25) is 0 Å². The second-order valence-corrected chi connectivity index (χ2v) is 15.7. The number of hydrogen-bond acceptors (Lipinski definition) is 1. The normalized spacial score (nSPS) is 21.3. The lowest BCUT2D eigenvalue weighted by molar-refractivity contribution is -0.439. The average Bonchev–Trinajstić information content (AvgIpc) is 3.43. The predicted octanol–water partition coefficient (Wildman–Crippen LogP) is 12.3. The molecule has 0 saturated heterocycles. The van der Waals surface area contributed by atoms with Gasteiger partial charge in [0, 0.05) is 47.5 Å². The van der Waals surface area contributed by atoms with Crippen LogP contribution < -0.4 is 4.90 Å². The van der Waals surface area contributed by atoms with Gasteiger partial charge in [0.25, 0.3) is 0 Å². The van der Waals surface area contributed by atoms with Crippen LogP contribution >= 0.6 is 0 Å². The molecule has 2 aromatic rings. The lowest BCUT2D eigenvalue weighted by Crippen LogP contribution is -2.37. The molecule has 2 saturated carbocycles. The van der Waals surface area contributed by atoms with Gasteiger partial charge in [-0.2, -0.15) is 30.9 Å². The minimum absolute atomic E-state index is 0.424. The van der Waals surface area contributed by atoms with E-state index in [4.69, 9.17) is 0 Å². The van der Waals surface area contributed by atoms with Crippen molar-refractivity contribution in [1.82, 2.24) is 0 Å². The highest BCUT2D eigenvalue weighted by Gasteiger charge is 2.53. The van der Waals surface area contributed by atoms with E-state index in [9.17, 15) is 26.3 Å². The van der Waals surface area contributed by atoms with E-state index < -0.39 is 34.3 Å². The zero-order valence-electron chi connectivity index (χ0n) is 29.4. The van der Waals surface area contributed by atoms with Crippen LogP contribution in [0.25, 0.3) is 0 Å². The first-order valence-corrected chi connectivity index (χ1v) is 18.4. The van der Waals surface area contributed by atoms with Crippen molar-refractivity contribution in [3.8, 4) is 0 Å². The van der Waals surface area contributed by atoms with Gasteiger partial charge in [0.1, 0.15) is 6.54 Å². The fraction of sp³-hybridized carbons (Fsp3) is 0.585. The van der Waals surface area contributed by atoms with Crippen LogP contribution in [0.15, 0.2) is 60.3 Å². The lowest BCUT2D eigenvalue weighted by Gasteiger charge is -2.37. The highest BCUT2D eigenvalue weighted by Crippen LogP contribution is 2.57. The maximum atomic E-state index is 14.1. The van der Waals surface area contributed by atoms with Gasteiger partial charge < -0.3 is 4.90 Å². The molecule has 0 unspecified atom stereocenters. The highest BCUT2D eigenvalue weighted by atomic mass is 19.4. The third-order valence-corrected chi connectivity index (χ3v) is 11.6. The molecule has 6 rings (SSSR count). The number of halogens is 6. The molecule has 0 radical (unpaired) electrons. The molecule has 0 bridgehead atoms. The predicted molar refractivity (Wildman–Crippen MR) is 186 cm³/mol. The average molecular weight is 686 g/mol. The summed E-state index contributed by atoms with van der Waals surface area (Å²) in [7, 11) is 0. The number of anilines is 1. The highest BCUT2D eigenvalue weighted by molar-refractivity contribution is 6.04. The van der Waals surface area contributed by atoms with E-state index in [1.807, 2.05) is 0 Å². The van der Waals surface area contributed by atoms with Gasteiger partial charge in [-0.1, -0.05) is 72.3 Å². The lowest BCUT2D eigenvalue weighted by atomic mass is 9.67. The van der Waals surface area contributed by atoms with Gasteiger partial charge in [0.15, 0.2) is 5.71 Å². The molecular weight excluding hydrogens is 634 g/mol. The second kappa shape index (κ2) is 13.6. The minimum Gasteiger partial charge on any atom is -0.344 e. The summed E-state index contributed by atoms with van der Waals surface area (Å²) in [5.74, 6) is 0.847.